The first-order chi connectivity index (χ1) is 33.6. The maximum absolute atomic E-state index is 14.3. The number of carboxylic acid groups (broad SMARTS) is 1. The molecule has 0 aliphatic rings. The van der Waals surface area contributed by atoms with Gasteiger partial charge in [-0.1, -0.05) is 86.6 Å². The maximum atomic E-state index is 14.3. The van der Waals surface area contributed by atoms with E-state index < -0.39 is 108 Å². The first-order valence-electron chi connectivity index (χ1n) is 22.8. The van der Waals surface area contributed by atoms with Gasteiger partial charge in [0.05, 0.1) is 6.04 Å². The molecule has 386 valence electrons. The lowest BCUT2D eigenvalue weighted by Crippen LogP contribution is -2.60. The van der Waals surface area contributed by atoms with Gasteiger partial charge in [-0.3, -0.25) is 38.4 Å². The predicted octanol–water partition coefficient (Wildman–Crippen LogP) is -0.414. The third-order valence-electron chi connectivity index (χ3n) is 10.8. The van der Waals surface area contributed by atoms with Crippen molar-refractivity contribution in [3.63, 3.8) is 0 Å². The number of nitrogens with one attached hydrogen (secondary N) is 8. The van der Waals surface area contributed by atoms with Crippen LogP contribution in [-0.4, -0.2) is 135 Å². The third kappa shape index (κ3) is 20.2. The lowest BCUT2D eigenvalue weighted by Gasteiger charge is -2.27. The maximum Gasteiger partial charge on any atom is 0.327 e. The second-order valence-electron chi connectivity index (χ2n) is 17.2. The fraction of sp³-hybridized carbons (Fsp3) is 0.438. The number of thiol groups is 3. The summed E-state index contributed by atoms with van der Waals surface area (Å²) >= 11 is 12.3. The lowest BCUT2D eigenvalue weighted by molar-refractivity contribution is -0.141. The Bertz CT molecular complexity index is 2280. The molecule has 0 aliphatic heterocycles. The molecule has 0 fully saturated rings. The van der Waals surface area contributed by atoms with Crippen molar-refractivity contribution in [3.8, 4) is 5.75 Å². The number of carbonyl (C=O) groups is 9. The summed E-state index contributed by atoms with van der Waals surface area (Å²) in [6.07, 6.45) is -0.0308. The van der Waals surface area contributed by atoms with Crippen LogP contribution in [0.2, 0.25) is 0 Å². The first kappa shape index (κ1) is 59.0. The van der Waals surface area contributed by atoms with Crippen molar-refractivity contribution in [2.24, 2.45) is 11.7 Å². The standard InChI is InChI=1S/C48H65N9O11S3/c1-26(2)19-34(53-42(61)33(49)23-69)43(62)50-27(3)40(59)52-36(20-29-11-7-5-8-12-29)45(64)54-35(22-31-15-17-32(58)18-16-31)44(63)51-28(4)41(60)56-38(24-70)47(66)55-37(21-30-13-9-6-10-14-30)46(65)57-39(25-71)48(67)68/h5-18,26-28,33-39,58,69-71H,19-25,49H2,1-4H3,(H,50,62)(H,51,63)(H,52,59)(H,53,61)(H,54,64)(H,55,66)(H,56,60)(H,57,65)(H,67,68)/t27-,28-,33-,34-,35-,36-,37-,38-,39-/m0/s1. The van der Waals surface area contributed by atoms with Gasteiger partial charge in [0.1, 0.15) is 54.1 Å². The number of amides is 8. The largest absolute Gasteiger partial charge is 0.508 e. The summed E-state index contributed by atoms with van der Waals surface area (Å²) in [6, 6.07) is 11.8. The second kappa shape index (κ2) is 29.8. The Hall–Kier alpha value is -6.30. The van der Waals surface area contributed by atoms with Crippen LogP contribution in [0.15, 0.2) is 84.9 Å². The monoisotopic (exact) mass is 1040 g/mol. The number of nitrogens with two attached hydrogens (primary N) is 1. The number of carbonyl (C=O) groups excluding carboxylic acids is 8. The molecule has 0 spiro atoms. The number of hydrogen-bond donors (Lipinski definition) is 14. The Kier molecular flexibility index (Phi) is 24.8. The summed E-state index contributed by atoms with van der Waals surface area (Å²) in [7, 11) is 0. The van der Waals surface area contributed by atoms with Crippen molar-refractivity contribution >= 4 is 91.1 Å². The highest BCUT2D eigenvalue weighted by Gasteiger charge is 2.34. The van der Waals surface area contributed by atoms with Gasteiger partial charge in [0.15, 0.2) is 0 Å². The van der Waals surface area contributed by atoms with Crippen molar-refractivity contribution in [1.29, 1.82) is 0 Å². The summed E-state index contributed by atoms with van der Waals surface area (Å²) in [5.41, 5.74) is 7.57. The highest BCUT2D eigenvalue weighted by molar-refractivity contribution is 7.80. The van der Waals surface area contributed by atoms with Crippen molar-refractivity contribution in [2.45, 2.75) is 108 Å². The number of aromatic hydroxyl groups is 1. The molecule has 71 heavy (non-hydrogen) atoms. The molecule has 3 aromatic rings. The van der Waals surface area contributed by atoms with E-state index in [0.29, 0.717) is 16.7 Å². The minimum atomic E-state index is -1.40. The smallest absolute Gasteiger partial charge is 0.327 e. The van der Waals surface area contributed by atoms with Crippen LogP contribution in [0.1, 0.15) is 50.8 Å². The molecule has 3 rings (SSSR count). The Morgan fingerprint density at radius 2 is 0.775 bits per heavy atom. The van der Waals surface area contributed by atoms with Gasteiger partial charge >= 0.3 is 5.97 Å². The van der Waals surface area contributed by atoms with Gasteiger partial charge in [-0.25, -0.2) is 4.79 Å². The Balaban J connectivity index is 1.82. The highest BCUT2D eigenvalue weighted by atomic mass is 32.1. The van der Waals surface area contributed by atoms with Gasteiger partial charge in [-0.15, -0.1) is 0 Å². The fourth-order valence-electron chi connectivity index (χ4n) is 6.81. The molecule has 0 aliphatic carbocycles. The van der Waals surface area contributed by atoms with Gasteiger partial charge in [0.2, 0.25) is 47.3 Å². The van der Waals surface area contributed by atoms with E-state index in [0.717, 1.165) is 0 Å². The molecule has 12 N–H and O–H groups in total. The van der Waals surface area contributed by atoms with Gasteiger partial charge in [0, 0.05) is 36.5 Å². The van der Waals surface area contributed by atoms with Crippen LogP contribution >= 0.6 is 37.9 Å². The van der Waals surface area contributed by atoms with E-state index in [-0.39, 0.29) is 54.6 Å². The Morgan fingerprint density at radius 3 is 1.17 bits per heavy atom. The minimum absolute atomic E-state index is 0.0346. The van der Waals surface area contributed by atoms with Crippen LogP contribution < -0.4 is 48.3 Å². The number of carboxylic acids is 1. The van der Waals surface area contributed by atoms with Gasteiger partial charge in [-0.2, -0.15) is 37.9 Å². The molecular weight excluding hydrogens is 975 g/mol. The molecule has 9 atom stereocenters. The Labute approximate surface area is 429 Å². The molecule has 8 amide bonds. The minimum Gasteiger partial charge on any atom is -0.508 e. The summed E-state index contributed by atoms with van der Waals surface area (Å²) in [5.74, 6) is -8.08. The molecule has 0 radical (unpaired) electrons. The van der Waals surface area contributed by atoms with E-state index >= 15 is 0 Å². The molecule has 23 heteroatoms. The summed E-state index contributed by atoms with van der Waals surface area (Å²) in [4.78, 5) is 120. The van der Waals surface area contributed by atoms with Crippen LogP contribution in [-0.2, 0) is 62.4 Å². The Morgan fingerprint density at radius 1 is 0.437 bits per heavy atom. The van der Waals surface area contributed by atoms with E-state index in [4.69, 9.17) is 5.73 Å². The van der Waals surface area contributed by atoms with Crippen LogP contribution in [0.4, 0.5) is 0 Å². The zero-order chi connectivity index (χ0) is 52.8. The number of phenolic OH excluding ortho intramolecular Hbond substituents is 1. The van der Waals surface area contributed by atoms with E-state index in [9.17, 15) is 53.4 Å². The van der Waals surface area contributed by atoms with Crippen molar-refractivity contribution in [3.05, 3.63) is 102 Å². The average molecular weight is 1040 g/mol. The van der Waals surface area contributed by atoms with Crippen LogP contribution in [0, 0.1) is 5.92 Å². The van der Waals surface area contributed by atoms with Crippen molar-refractivity contribution in [2.75, 3.05) is 17.3 Å². The SMILES string of the molecule is CC(C)C[C@H](NC(=O)[C@@H](N)CS)C(=O)N[C@@H](C)C(=O)N[C@@H](Cc1ccccc1)C(=O)N[C@@H](Cc1ccc(O)cc1)C(=O)N[C@@H](C)C(=O)N[C@@H](CS)C(=O)N[C@@H](Cc1ccccc1)C(=O)N[C@@H](CS)C(=O)O. The van der Waals surface area contributed by atoms with E-state index in [2.05, 4.69) is 80.4 Å². The molecule has 0 unspecified atom stereocenters. The summed E-state index contributed by atoms with van der Waals surface area (Å²) in [6.45, 7) is 6.42. The predicted molar refractivity (Wildman–Crippen MR) is 276 cm³/mol. The first-order valence-corrected chi connectivity index (χ1v) is 24.6. The third-order valence-corrected chi connectivity index (χ3v) is 12.0. The molecule has 20 nitrogen and oxygen atoms in total. The zero-order valence-corrected chi connectivity index (χ0v) is 42.5. The van der Waals surface area contributed by atoms with Crippen LogP contribution in [0.5, 0.6) is 5.75 Å². The lowest BCUT2D eigenvalue weighted by atomic mass is 10.0. The van der Waals surface area contributed by atoms with Crippen LogP contribution in [0.3, 0.4) is 0 Å². The second-order valence-corrected chi connectivity index (χ2v) is 18.3. The molecule has 3 aromatic carbocycles. The van der Waals surface area contributed by atoms with Crippen molar-refractivity contribution < 1.29 is 53.4 Å². The molecule has 0 aromatic heterocycles. The molecule has 0 heterocycles. The normalized spacial score (nSPS) is 14.8. The topological polar surface area (TPSA) is 316 Å². The number of benzene rings is 3. The number of hydrogen-bond acceptors (Lipinski definition) is 14. The molecule has 0 saturated heterocycles. The number of phenols is 1. The molecular formula is C48H65N9O11S3. The molecule has 0 bridgehead atoms. The van der Waals surface area contributed by atoms with Crippen molar-refractivity contribution in [1.82, 2.24) is 42.5 Å². The van der Waals surface area contributed by atoms with E-state index in [1.54, 1.807) is 60.7 Å². The van der Waals surface area contributed by atoms with E-state index in [1.165, 1.54) is 38.1 Å². The van der Waals surface area contributed by atoms with Gasteiger partial charge < -0.3 is 58.5 Å². The van der Waals surface area contributed by atoms with E-state index in [1.807, 2.05) is 13.8 Å². The van der Waals surface area contributed by atoms with Gasteiger partial charge in [-0.05, 0) is 55.0 Å². The molecule has 0 saturated carbocycles. The quantitative estimate of drug-likeness (QED) is 0.0413. The summed E-state index contributed by atoms with van der Waals surface area (Å²) < 4.78 is 0. The highest BCUT2D eigenvalue weighted by Crippen LogP contribution is 2.13. The van der Waals surface area contributed by atoms with Crippen LogP contribution in [0.25, 0.3) is 0 Å². The number of aliphatic carboxylic acids is 1. The summed E-state index contributed by atoms with van der Waals surface area (Å²) in [5, 5.41) is 40.0. The zero-order valence-electron chi connectivity index (χ0n) is 39.8. The average Bonchev–Trinajstić information content (AvgIpc) is 3.34. The van der Waals surface area contributed by atoms with Gasteiger partial charge in [0.25, 0.3) is 0 Å². The number of rotatable bonds is 28. The fourth-order valence-corrected chi connectivity index (χ4v) is 7.48.